The number of amides is 1. The van der Waals surface area contributed by atoms with E-state index in [4.69, 9.17) is 4.74 Å². The second-order valence-electron chi connectivity index (χ2n) is 5.28. The Morgan fingerprint density at radius 2 is 2.08 bits per heavy atom. The van der Waals surface area contributed by atoms with Crippen LogP contribution in [0.3, 0.4) is 0 Å². The molecule has 1 atom stereocenters. The van der Waals surface area contributed by atoms with Crippen molar-refractivity contribution in [2.24, 2.45) is 0 Å². The van der Waals surface area contributed by atoms with E-state index in [1.807, 2.05) is 0 Å². The summed E-state index contributed by atoms with van der Waals surface area (Å²) in [5.74, 6) is -0.970. The molecule has 2 heterocycles. The van der Waals surface area contributed by atoms with Crippen molar-refractivity contribution in [2.45, 2.75) is 26.0 Å². The van der Waals surface area contributed by atoms with Gasteiger partial charge in [-0.3, -0.25) is 9.69 Å². The van der Waals surface area contributed by atoms with E-state index in [1.54, 1.807) is 25.1 Å². The Balaban J connectivity index is 2.06. The Morgan fingerprint density at radius 1 is 1.33 bits per heavy atom. The van der Waals surface area contributed by atoms with Crippen LogP contribution < -0.4 is 9.64 Å². The van der Waals surface area contributed by atoms with E-state index in [1.165, 1.54) is 23.1 Å². The SMILES string of the molecule is CCC1Oc2ccc([N+](=O)[O-])nc2N(Cc2ccccc2F)C1=O. The molecule has 0 radical (unpaired) electrons. The summed E-state index contributed by atoms with van der Waals surface area (Å²) in [6.07, 6.45) is -0.309. The fourth-order valence-electron chi connectivity index (χ4n) is 2.50. The number of halogens is 1. The molecule has 124 valence electrons. The van der Waals surface area contributed by atoms with Gasteiger partial charge in [-0.05, 0) is 28.5 Å². The van der Waals surface area contributed by atoms with Gasteiger partial charge in [-0.15, -0.1) is 0 Å². The van der Waals surface area contributed by atoms with E-state index in [9.17, 15) is 19.3 Å². The first-order valence-electron chi connectivity index (χ1n) is 7.38. The number of nitrogens with zero attached hydrogens (tertiary/aromatic N) is 3. The molecule has 1 aliphatic heterocycles. The summed E-state index contributed by atoms with van der Waals surface area (Å²) in [6.45, 7) is 1.71. The Labute approximate surface area is 136 Å². The molecule has 0 saturated heterocycles. The van der Waals surface area contributed by atoms with Crippen molar-refractivity contribution in [3.63, 3.8) is 0 Å². The normalized spacial score (nSPS) is 16.5. The summed E-state index contributed by atoms with van der Waals surface area (Å²) >= 11 is 0. The molecular formula is C16H14FN3O4. The average Bonchev–Trinajstić information content (AvgIpc) is 2.58. The quantitative estimate of drug-likeness (QED) is 0.635. The maximum atomic E-state index is 13.9. The van der Waals surface area contributed by atoms with Crippen molar-refractivity contribution < 1.29 is 18.8 Å². The molecule has 2 aromatic rings. The Bertz CT molecular complexity index is 812. The second-order valence-corrected chi connectivity index (χ2v) is 5.28. The third-order valence-corrected chi connectivity index (χ3v) is 3.74. The number of hydrogen-bond acceptors (Lipinski definition) is 5. The fourth-order valence-corrected chi connectivity index (χ4v) is 2.50. The van der Waals surface area contributed by atoms with E-state index in [0.29, 0.717) is 12.0 Å². The molecular weight excluding hydrogens is 317 g/mol. The van der Waals surface area contributed by atoms with Crippen LogP contribution in [0.2, 0.25) is 0 Å². The fraction of sp³-hybridized carbons (Fsp3) is 0.250. The average molecular weight is 331 g/mol. The van der Waals surface area contributed by atoms with E-state index in [0.717, 1.165) is 0 Å². The Hall–Kier alpha value is -3.03. The van der Waals surface area contributed by atoms with Crippen LogP contribution in [-0.2, 0) is 11.3 Å². The van der Waals surface area contributed by atoms with Gasteiger partial charge in [-0.25, -0.2) is 4.39 Å². The molecule has 0 aliphatic carbocycles. The zero-order chi connectivity index (χ0) is 17.3. The number of carbonyl (C=O) groups excluding carboxylic acids is 1. The van der Waals surface area contributed by atoms with Gasteiger partial charge in [0.25, 0.3) is 11.7 Å². The van der Waals surface area contributed by atoms with Crippen molar-refractivity contribution in [3.8, 4) is 5.75 Å². The monoisotopic (exact) mass is 331 g/mol. The molecule has 1 amide bonds. The van der Waals surface area contributed by atoms with Crippen molar-refractivity contribution >= 4 is 17.5 Å². The highest BCUT2D eigenvalue weighted by molar-refractivity contribution is 5.99. The number of aromatic nitrogens is 1. The third-order valence-electron chi connectivity index (χ3n) is 3.74. The number of fused-ring (bicyclic) bond motifs is 1. The van der Waals surface area contributed by atoms with Crippen LogP contribution in [0.15, 0.2) is 36.4 Å². The lowest BCUT2D eigenvalue weighted by molar-refractivity contribution is -0.389. The van der Waals surface area contributed by atoms with Gasteiger partial charge in [0.1, 0.15) is 5.82 Å². The summed E-state index contributed by atoms with van der Waals surface area (Å²) in [6, 6.07) is 8.66. The van der Waals surface area contributed by atoms with Crippen LogP contribution in [0.4, 0.5) is 16.0 Å². The van der Waals surface area contributed by atoms with Crippen LogP contribution >= 0.6 is 0 Å². The van der Waals surface area contributed by atoms with Crippen LogP contribution in [0.5, 0.6) is 5.75 Å². The summed E-state index contributed by atoms with van der Waals surface area (Å²) in [4.78, 5) is 28.0. The van der Waals surface area contributed by atoms with Gasteiger partial charge >= 0.3 is 5.82 Å². The van der Waals surface area contributed by atoms with Gasteiger partial charge < -0.3 is 14.9 Å². The van der Waals surface area contributed by atoms with Gasteiger partial charge in [0.05, 0.1) is 6.54 Å². The minimum atomic E-state index is -0.729. The molecule has 1 unspecified atom stereocenters. The van der Waals surface area contributed by atoms with Crippen LogP contribution in [0, 0.1) is 15.9 Å². The van der Waals surface area contributed by atoms with Gasteiger partial charge in [-0.1, -0.05) is 25.1 Å². The molecule has 0 fully saturated rings. The molecule has 1 aliphatic rings. The highest BCUT2D eigenvalue weighted by Crippen LogP contribution is 2.35. The first-order chi connectivity index (χ1) is 11.5. The lowest BCUT2D eigenvalue weighted by Crippen LogP contribution is -2.45. The first-order valence-corrected chi connectivity index (χ1v) is 7.38. The van der Waals surface area contributed by atoms with Crippen molar-refractivity contribution in [1.29, 1.82) is 0 Å². The number of hydrogen-bond donors (Lipinski definition) is 0. The van der Waals surface area contributed by atoms with E-state index in [-0.39, 0.29) is 18.1 Å². The largest absolute Gasteiger partial charge is 0.474 e. The first kappa shape index (κ1) is 15.9. The van der Waals surface area contributed by atoms with Gasteiger partial charge in [0, 0.05) is 11.6 Å². The number of benzene rings is 1. The molecule has 0 spiro atoms. The highest BCUT2D eigenvalue weighted by Gasteiger charge is 2.38. The predicted molar refractivity (Wildman–Crippen MR) is 83.2 cm³/mol. The highest BCUT2D eigenvalue weighted by atomic mass is 19.1. The second kappa shape index (κ2) is 6.23. The topological polar surface area (TPSA) is 85.6 Å². The van der Waals surface area contributed by atoms with Crippen molar-refractivity contribution in [1.82, 2.24) is 4.98 Å². The Kier molecular flexibility index (Phi) is 4.11. The van der Waals surface area contributed by atoms with Gasteiger partial charge in [0.2, 0.25) is 0 Å². The smallest absolute Gasteiger partial charge is 0.366 e. The number of anilines is 1. The van der Waals surface area contributed by atoms with Crippen molar-refractivity contribution in [2.75, 3.05) is 4.90 Å². The number of pyridine rings is 1. The molecule has 0 saturated carbocycles. The minimum absolute atomic E-state index is 0.0298. The summed E-state index contributed by atoms with van der Waals surface area (Å²) in [5, 5.41) is 10.9. The third kappa shape index (κ3) is 2.78. The van der Waals surface area contributed by atoms with Crippen LogP contribution in [0.25, 0.3) is 0 Å². The molecule has 0 N–H and O–H groups in total. The molecule has 7 nitrogen and oxygen atoms in total. The number of ether oxygens (including phenoxy) is 1. The Morgan fingerprint density at radius 3 is 2.75 bits per heavy atom. The standard InChI is InChI=1S/C16H14FN3O4/c1-2-12-16(21)19(9-10-5-3-4-6-11(10)17)15-13(24-12)7-8-14(18-15)20(22)23/h3-8,12H,2,9H2,1H3. The molecule has 1 aromatic heterocycles. The molecule has 8 heteroatoms. The van der Waals surface area contributed by atoms with Gasteiger partial charge in [0.15, 0.2) is 11.9 Å². The van der Waals surface area contributed by atoms with E-state index < -0.39 is 28.6 Å². The van der Waals surface area contributed by atoms with E-state index >= 15 is 0 Å². The molecule has 0 bridgehead atoms. The molecule has 1 aromatic carbocycles. The zero-order valence-corrected chi connectivity index (χ0v) is 12.8. The number of rotatable bonds is 4. The number of nitro groups is 1. The van der Waals surface area contributed by atoms with E-state index in [2.05, 4.69) is 4.98 Å². The summed E-state index contributed by atoms with van der Waals surface area (Å²) in [7, 11) is 0. The lowest BCUT2D eigenvalue weighted by atomic mass is 10.1. The molecule has 24 heavy (non-hydrogen) atoms. The number of carbonyl (C=O) groups is 1. The lowest BCUT2D eigenvalue weighted by Gasteiger charge is -2.30. The predicted octanol–water partition coefficient (Wildman–Crippen LogP) is 2.83. The summed E-state index contributed by atoms with van der Waals surface area (Å²) in [5.41, 5.74) is 0.293. The summed E-state index contributed by atoms with van der Waals surface area (Å²) < 4.78 is 19.5. The zero-order valence-electron chi connectivity index (χ0n) is 12.8. The van der Waals surface area contributed by atoms with Crippen LogP contribution in [-0.4, -0.2) is 21.9 Å². The minimum Gasteiger partial charge on any atom is -0.474 e. The maximum absolute atomic E-state index is 13.9. The van der Waals surface area contributed by atoms with Crippen LogP contribution in [0.1, 0.15) is 18.9 Å². The van der Waals surface area contributed by atoms with Crippen molar-refractivity contribution in [3.05, 3.63) is 57.9 Å². The molecule has 3 rings (SSSR count). The van der Waals surface area contributed by atoms with Gasteiger partial charge in [-0.2, -0.15) is 0 Å². The maximum Gasteiger partial charge on any atom is 0.366 e.